The lowest BCUT2D eigenvalue weighted by atomic mass is 10.3. The van der Waals surface area contributed by atoms with Crippen molar-refractivity contribution in [2.75, 3.05) is 0 Å². The minimum absolute atomic E-state index is 1.10. The van der Waals surface area contributed by atoms with Crippen LogP contribution in [0.3, 0.4) is 0 Å². The van der Waals surface area contributed by atoms with Crippen molar-refractivity contribution in [3.05, 3.63) is 33.7 Å². The lowest BCUT2D eigenvalue weighted by Crippen LogP contribution is -1.81. The van der Waals surface area contributed by atoms with Crippen LogP contribution in [0.1, 0.15) is 6.92 Å². The van der Waals surface area contributed by atoms with E-state index in [1.807, 2.05) is 19.1 Å². The molecule has 56 valence electrons. The average Bonchev–Trinajstić information content (AvgIpc) is 1.89. The summed E-state index contributed by atoms with van der Waals surface area (Å²) in [4.78, 5) is 0. The second kappa shape index (κ2) is 5.34. The number of allylic oxidation sites excluding steroid dienone is 4. The Morgan fingerprint density at radius 1 is 1.20 bits per heavy atom. The summed E-state index contributed by atoms with van der Waals surface area (Å²) in [6.07, 6.45) is 6.69. The van der Waals surface area contributed by atoms with Crippen LogP contribution in [0, 0.1) is 0 Å². The summed E-state index contributed by atoms with van der Waals surface area (Å²) in [5, 5.41) is 0. The lowest BCUT2D eigenvalue weighted by Gasteiger charge is -1.92. The van der Waals surface area contributed by atoms with Gasteiger partial charge in [0, 0.05) is 3.58 Å². The third kappa shape index (κ3) is 3.55. The normalized spacial score (nSPS) is 14.6. The summed E-state index contributed by atoms with van der Waals surface area (Å²) in [7, 11) is 0. The van der Waals surface area contributed by atoms with Crippen LogP contribution in [0.2, 0.25) is 0 Å². The van der Waals surface area contributed by atoms with E-state index in [1.165, 1.54) is 12.4 Å². The second-order valence-corrected chi connectivity index (χ2v) is 2.91. The van der Waals surface area contributed by atoms with Crippen molar-refractivity contribution in [3.63, 3.8) is 0 Å². The van der Waals surface area contributed by atoms with Crippen molar-refractivity contribution in [1.29, 1.82) is 0 Å². The summed E-state index contributed by atoms with van der Waals surface area (Å²) in [6, 6.07) is 0. The monoisotopic (exact) mass is 250 g/mol. The van der Waals surface area contributed by atoms with Gasteiger partial charge in [-0.25, -0.2) is 0 Å². The van der Waals surface area contributed by atoms with E-state index in [0.717, 1.165) is 9.15 Å². The Labute approximate surface area is 74.8 Å². The highest BCUT2D eigenvalue weighted by Gasteiger charge is 1.87. The fraction of sp³-hybridized carbons (Fsp3) is 0.143. The maximum Gasteiger partial charge on any atom is 0.0174 e. The van der Waals surface area contributed by atoms with Gasteiger partial charge in [0.2, 0.25) is 0 Å². The molecule has 0 heterocycles. The molecule has 0 aromatic heterocycles. The molecular weight excluding hydrogens is 239 g/mol. The quantitative estimate of drug-likeness (QED) is 0.578. The molecular formula is C7H11IN2. The summed E-state index contributed by atoms with van der Waals surface area (Å²) in [6.45, 7) is 1.98. The van der Waals surface area contributed by atoms with Crippen molar-refractivity contribution in [3.8, 4) is 0 Å². The van der Waals surface area contributed by atoms with E-state index < -0.39 is 0 Å². The standard InChI is InChI=1S/C7H11IN2/c1-6(2-4-9)7(8)3-5-10/h2-5H,9-10H2,1H3/b4-2+,5-3+,7-6+. The molecule has 0 radical (unpaired) electrons. The first-order valence-electron chi connectivity index (χ1n) is 2.85. The largest absolute Gasteiger partial charge is 0.405 e. The fourth-order valence-electron chi connectivity index (χ4n) is 0.440. The smallest absolute Gasteiger partial charge is 0.0174 e. The van der Waals surface area contributed by atoms with Gasteiger partial charge in [-0.3, -0.25) is 0 Å². The molecule has 0 atom stereocenters. The molecule has 4 N–H and O–H groups in total. The van der Waals surface area contributed by atoms with E-state index in [4.69, 9.17) is 11.5 Å². The molecule has 3 heteroatoms. The first-order valence-corrected chi connectivity index (χ1v) is 3.93. The van der Waals surface area contributed by atoms with Gasteiger partial charge in [0.15, 0.2) is 0 Å². The molecule has 0 aromatic carbocycles. The number of rotatable bonds is 2. The Kier molecular flexibility index (Phi) is 5.10. The molecule has 0 unspecified atom stereocenters. The SMILES string of the molecule is CC(/C=C/N)=C(I)/C=C/N. The van der Waals surface area contributed by atoms with Gasteiger partial charge in [-0.1, -0.05) is 0 Å². The number of halogens is 1. The minimum Gasteiger partial charge on any atom is -0.405 e. The summed E-state index contributed by atoms with van der Waals surface area (Å²) in [5.74, 6) is 0. The van der Waals surface area contributed by atoms with Crippen molar-refractivity contribution < 1.29 is 0 Å². The highest BCUT2D eigenvalue weighted by atomic mass is 127. The maximum atomic E-state index is 5.19. The molecule has 0 saturated carbocycles. The van der Waals surface area contributed by atoms with Gasteiger partial charge in [-0.05, 0) is 59.6 Å². The Balaban J connectivity index is 4.33. The van der Waals surface area contributed by atoms with Gasteiger partial charge in [0.1, 0.15) is 0 Å². The number of hydrogen-bond acceptors (Lipinski definition) is 2. The van der Waals surface area contributed by atoms with Crippen LogP contribution >= 0.6 is 22.6 Å². The molecule has 0 aliphatic rings. The van der Waals surface area contributed by atoms with Gasteiger partial charge < -0.3 is 11.5 Å². The molecule has 0 spiro atoms. The van der Waals surface area contributed by atoms with Crippen LogP contribution in [-0.4, -0.2) is 0 Å². The minimum atomic E-state index is 1.10. The number of nitrogens with two attached hydrogens (primary N) is 2. The molecule has 0 rings (SSSR count). The summed E-state index contributed by atoms with van der Waals surface area (Å²) < 4.78 is 1.10. The van der Waals surface area contributed by atoms with E-state index in [9.17, 15) is 0 Å². The van der Waals surface area contributed by atoms with Crippen LogP contribution in [0.15, 0.2) is 33.7 Å². The molecule has 0 aliphatic heterocycles. The maximum absolute atomic E-state index is 5.19. The lowest BCUT2D eigenvalue weighted by molar-refractivity contribution is 1.46. The van der Waals surface area contributed by atoms with E-state index >= 15 is 0 Å². The molecule has 10 heavy (non-hydrogen) atoms. The summed E-state index contributed by atoms with van der Waals surface area (Å²) in [5.41, 5.74) is 11.5. The van der Waals surface area contributed by atoms with Crippen LogP contribution < -0.4 is 11.5 Å². The Morgan fingerprint density at radius 3 is 2.10 bits per heavy atom. The second-order valence-electron chi connectivity index (χ2n) is 1.75. The van der Waals surface area contributed by atoms with Crippen molar-refractivity contribution >= 4 is 22.6 Å². The molecule has 0 saturated heterocycles. The Morgan fingerprint density at radius 2 is 1.70 bits per heavy atom. The van der Waals surface area contributed by atoms with Crippen molar-refractivity contribution in [2.24, 2.45) is 11.5 Å². The average molecular weight is 250 g/mol. The zero-order valence-electron chi connectivity index (χ0n) is 5.84. The third-order valence-electron chi connectivity index (χ3n) is 0.965. The van der Waals surface area contributed by atoms with Crippen LogP contribution in [0.25, 0.3) is 0 Å². The van der Waals surface area contributed by atoms with E-state index in [-0.39, 0.29) is 0 Å². The van der Waals surface area contributed by atoms with Crippen molar-refractivity contribution in [2.45, 2.75) is 6.92 Å². The zero-order chi connectivity index (χ0) is 7.98. The Bertz CT molecular complexity index is 160. The molecule has 0 bridgehead atoms. The molecule has 0 aromatic rings. The van der Waals surface area contributed by atoms with Gasteiger partial charge in [0.25, 0.3) is 0 Å². The first kappa shape index (κ1) is 9.55. The van der Waals surface area contributed by atoms with Crippen molar-refractivity contribution in [1.82, 2.24) is 0 Å². The van der Waals surface area contributed by atoms with Gasteiger partial charge in [-0.2, -0.15) is 0 Å². The first-order chi connectivity index (χ1) is 4.72. The highest BCUT2D eigenvalue weighted by Crippen LogP contribution is 2.13. The van der Waals surface area contributed by atoms with Gasteiger partial charge in [-0.15, -0.1) is 0 Å². The van der Waals surface area contributed by atoms with E-state index in [2.05, 4.69) is 22.6 Å². The van der Waals surface area contributed by atoms with E-state index in [0.29, 0.717) is 0 Å². The van der Waals surface area contributed by atoms with Crippen LogP contribution in [0.4, 0.5) is 0 Å². The Hall–Kier alpha value is -0.450. The van der Waals surface area contributed by atoms with Gasteiger partial charge >= 0.3 is 0 Å². The molecule has 2 nitrogen and oxygen atoms in total. The molecule has 0 fully saturated rings. The van der Waals surface area contributed by atoms with Gasteiger partial charge in [0.05, 0.1) is 0 Å². The van der Waals surface area contributed by atoms with Crippen LogP contribution in [0.5, 0.6) is 0 Å². The predicted octanol–water partition coefficient (Wildman–Crippen LogP) is 1.64. The highest BCUT2D eigenvalue weighted by molar-refractivity contribution is 14.1. The predicted molar refractivity (Wildman–Crippen MR) is 53.4 cm³/mol. The zero-order valence-corrected chi connectivity index (χ0v) is 8.00. The van der Waals surface area contributed by atoms with Crippen LogP contribution in [-0.2, 0) is 0 Å². The topological polar surface area (TPSA) is 52.0 Å². The third-order valence-corrected chi connectivity index (χ3v) is 2.18. The molecule has 0 aliphatic carbocycles. The summed E-state index contributed by atoms with van der Waals surface area (Å²) >= 11 is 2.20. The number of hydrogen-bond donors (Lipinski definition) is 2. The van der Waals surface area contributed by atoms with E-state index in [1.54, 1.807) is 0 Å². The molecule has 0 amide bonds. The fourth-order valence-corrected chi connectivity index (χ4v) is 0.827.